The van der Waals surface area contributed by atoms with Gasteiger partial charge in [-0.2, -0.15) is 0 Å². The van der Waals surface area contributed by atoms with Gasteiger partial charge in [0, 0.05) is 24.6 Å². The summed E-state index contributed by atoms with van der Waals surface area (Å²) in [5.41, 5.74) is 0. The molecule has 6 heteroatoms. The maximum absolute atomic E-state index is 12.1. The molecule has 19 heavy (non-hydrogen) atoms. The van der Waals surface area contributed by atoms with E-state index in [-0.39, 0.29) is 11.9 Å². The summed E-state index contributed by atoms with van der Waals surface area (Å²) in [6.07, 6.45) is 5.10. The van der Waals surface area contributed by atoms with Gasteiger partial charge < -0.3 is 15.4 Å². The van der Waals surface area contributed by atoms with Gasteiger partial charge >= 0.3 is 0 Å². The van der Waals surface area contributed by atoms with Crippen LogP contribution in [-0.4, -0.2) is 36.2 Å². The Kier molecular flexibility index (Phi) is 3.70. The highest BCUT2D eigenvalue weighted by Gasteiger charge is 2.25. The zero-order chi connectivity index (χ0) is 13.2. The molecule has 1 saturated carbocycles. The second-order valence-electron chi connectivity index (χ2n) is 5.33. The molecule has 0 aromatic carbocycles. The summed E-state index contributed by atoms with van der Waals surface area (Å²) in [6, 6.07) is 0.716. The zero-order valence-corrected chi connectivity index (χ0v) is 11.8. The van der Waals surface area contributed by atoms with E-state index in [1.54, 1.807) is 6.20 Å². The maximum Gasteiger partial charge on any atom is 0.263 e. The van der Waals surface area contributed by atoms with Gasteiger partial charge in [-0.25, -0.2) is 4.98 Å². The van der Waals surface area contributed by atoms with E-state index in [4.69, 9.17) is 4.74 Å². The van der Waals surface area contributed by atoms with Crippen LogP contribution >= 0.6 is 11.3 Å². The molecule has 1 aromatic heterocycles. The number of nitrogens with one attached hydrogen (secondary N) is 2. The largest absolute Gasteiger partial charge is 0.381 e. The van der Waals surface area contributed by atoms with Crippen molar-refractivity contribution in [1.82, 2.24) is 10.3 Å². The standard InChI is InChI=1S/C13H19N3O2S/c1-8(9-4-5-18-7-9)15-12(17)11-6-14-13(19-11)16-10-2-3-10/h6,8-10H,2-5,7H2,1H3,(H,14,16)(H,15,17). The number of carbonyl (C=O) groups excluding carboxylic acids is 1. The molecule has 1 aromatic rings. The molecule has 1 amide bonds. The Hall–Kier alpha value is -1.14. The molecule has 0 radical (unpaired) electrons. The molecule has 2 aliphatic rings. The van der Waals surface area contributed by atoms with E-state index in [1.165, 1.54) is 24.2 Å². The second-order valence-corrected chi connectivity index (χ2v) is 6.36. The summed E-state index contributed by atoms with van der Waals surface area (Å²) < 4.78 is 5.35. The van der Waals surface area contributed by atoms with E-state index in [9.17, 15) is 4.79 Å². The van der Waals surface area contributed by atoms with E-state index in [2.05, 4.69) is 15.6 Å². The van der Waals surface area contributed by atoms with Crippen LogP contribution in [0.2, 0.25) is 0 Å². The van der Waals surface area contributed by atoms with Crippen LogP contribution in [0.3, 0.4) is 0 Å². The Morgan fingerprint density at radius 1 is 1.53 bits per heavy atom. The summed E-state index contributed by atoms with van der Waals surface area (Å²) in [4.78, 5) is 17.0. The molecule has 1 aliphatic heterocycles. The molecule has 3 rings (SSSR count). The molecule has 2 heterocycles. The lowest BCUT2D eigenvalue weighted by Gasteiger charge is -2.18. The predicted octanol–water partition coefficient (Wildman–Crippen LogP) is 1.87. The fourth-order valence-electron chi connectivity index (χ4n) is 2.19. The summed E-state index contributed by atoms with van der Waals surface area (Å²) in [7, 11) is 0. The summed E-state index contributed by atoms with van der Waals surface area (Å²) >= 11 is 1.43. The Morgan fingerprint density at radius 2 is 2.37 bits per heavy atom. The van der Waals surface area contributed by atoms with Crippen molar-refractivity contribution in [2.45, 2.75) is 38.3 Å². The highest BCUT2D eigenvalue weighted by molar-refractivity contribution is 7.17. The molecule has 5 nitrogen and oxygen atoms in total. The van der Waals surface area contributed by atoms with Gasteiger partial charge in [0.25, 0.3) is 5.91 Å². The number of carbonyl (C=O) groups is 1. The predicted molar refractivity (Wildman–Crippen MR) is 74.6 cm³/mol. The number of hydrogen-bond acceptors (Lipinski definition) is 5. The first-order chi connectivity index (χ1) is 9.22. The number of hydrogen-bond donors (Lipinski definition) is 2. The number of rotatable bonds is 5. The average molecular weight is 281 g/mol. The summed E-state index contributed by atoms with van der Waals surface area (Å²) in [5.74, 6) is 0.404. The van der Waals surface area contributed by atoms with E-state index in [0.717, 1.165) is 24.8 Å². The minimum atomic E-state index is -0.0271. The number of aromatic nitrogens is 1. The first kappa shape index (κ1) is 12.9. The van der Waals surface area contributed by atoms with Crippen LogP contribution < -0.4 is 10.6 Å². The van der Waals surface area contributed by atoms with Crippen LogP contribution in [0, 0.1) is 5.92 Å². The lowest BCUT2D eigenvalue weighted by Crippen LogP contribution is -2.38. The Bertz CT molecular complexity index is 452. The van der Waals surface area contributed by atoms with Gasteiger partial charge in [0.1, 0.15) is 4.88 Å². The minimum absolute atomic E-state index is 0.0271. The van der Waals surface area contributed by atoms with Crippen LogP contribution in [0.4, 0.5) is 5.13 Å². The number of anilines is 1. The van der Waals surface area contributed by atoms with E-state index < -0.39 is 0 Å². The molecular formula is C13H19N3O2S. The first-order valence-electron chi connectivity index (χ1n) is 6.83. The summed E-state index contributed by atoms with van der Waals surface area (Å²) in [5, 5.41) is 7.20. The van der Waals surface area contributed by atoms with Crippen molar-refractivity contribution >= 4 is 22.4 Å². The van der Waals surface area contributed by atoms with Gasteiger partial charge in [0.2, 0.25) is 0 Å². The molecule has 2 N–H and O–H groups in total. The minimum Gasteiger partial charge on any atom is -0.381 e. The average Bonchev–Trinajstić information content (AvgIpc) is 2.90. The van der Waals surface area contributed by atoms with Crippen molar-refractivity contribution in [3.8, 4) is 0 Å². The van der Waals surface area contributed by atoms with Crippen LogP contribution in [-0.2, 0) is 4.74 Å². The molecular weight excluding hydrogens is 262 g/mol. The Labute approximate surface area is 116 Å². The van der Waals surface area contributed by atoms with Gasteiger partial charge in [-0.3, -0.25) is 4.79 Å². The van der Waals surface area contributed by atoms with E-state index in [0.29, 0.717) is 16.8 Å². The topological polar surface area (TPSA) is 63.2 Å². The van der Waals surface area contributed by atoms with Crippen LogP contribution in [0.1, 0.15) is 35.9 Å². The van der Waals surface area contributed by atoms with Crippen LogP contribution in [0.25, 0.3) is 0 Å². The molecule has 1 saturated heterocycles. The van der Waals surface area contributed by atoms with Crippen molar-refractivity contribution < 1.29 is 9.53 Å². The lowest BCUT2D eigenvalue weighted by molar-refractivity contribution is 0.0926. The number of ether oxygens (including phenoxy) is 1. The normalized spacial score (nSPS) is 24.2. The fraction of sp³-hybridized carbons (Fsp3) is 0.692. The number of amides is 1. The lowest BCUT2D eigenvalue weighted by atomic mass is 10.0. The molecule has 2 unspecified atom stereocenters. The molecule has 0 spiro atoms. The second kappa shape index (κ2) is 5.46. The van der Waals surface area contributed by atoms with Crippen molar-refractivity contribution in [1.29, 1.82) is 0 Å². The van der Waals surface area contributed by atoms with Gasteiger partial charge in [-0.15, -0.1) is 0 Å². The zero-order valence-electron chi connectivity index (χ0n) is 11.0. The Balaban J connectivity index is 1.54. The van der Waals surface area contributed by atoms with Gasteiger partial charge in [-0.1, -0.05) is 11.3 Å². The van der Waals surface area contributed by atoms with E-state index >= 15 is 0 Å². The van der Waals surface area contributed by atoms with Crippen molar-refractivity contribution in [2.75, 3.05) is 18.5 Å². The monoisotopic (exact) mass is 281 g/mol. The highest BCUT2D eigenvalue weighted by atomic mass is 32.1. The SMILES string of the molecule is CC(NC(=O)c1cnc(NC2CC2)s1)C1CCOC1. The molecule has 1 aliphatic carbocycles. The van der Waals surface area contributed by atoms with Crippen LogP contribution in [0.15, 0.2) is 6.20 Å². The van der Waals surface area contributed by atoms with Gasteiger partial charge in [-0.05, 0) is 26.2 Å². The van der Waals surface area contributed by atoms with Crippen LogP contribution in [0.5, 0.6) is 0 Å². The number of thiazole rings is 1. The fourth-order valence-corrected chi connectivity index (χ4v) is 2.99. The molecule has 0 bridgehead atoms. The molecule has 2 atom stereocenters. The van der Waals surface area contributed by atoms with Crippen molar-refractivity contribution in [3.63, 3.8) is 0 Å². The number of nitrogens with zero attached hydrogens (tertiary/aromatic N) is 1. The third-order valence-corrected chi connectivity index (χ3v) is 4.59. The van der Waals surface area contributed by atoms with Gasteiger partial charge in [0.15, 0.2) is 5.13 Å². The van der Waals surface area contributed by atoms with Crippen molar-refractivity contribution in [2.24, 2.45) is 5.92 Å². The Morgan fingerprint density at radius 3 is 3.05 bits per heavy atom. The smallest absolute Gasteiger partial charge is 0.263 e. The molecule has 104 valence electrons. The van der Waals surface area contributed by atoms with Crippen molar-refractivity contribution in [3.05, 3.63) is 11.1 Å². The maximum atomic E-state index is 12.1. The third kappa shape index (κ3) is 3.25. The van der Waals surface area contributed by atoms with E-state index in [1.807, 2.05) is 6.92 Å². The molecule has 2 fully saturated rings. The highest BCUT2D eigenvalue weighted by Crippen LogP contribution is 2.27. The first-order valence-corrected chi connectivity index (χ1v) is 7.65. The summed E-state index contributed by atoms with van der Waals surface area (Å²) in [6.45, 7) is 3.60. The third-order valence-electron chi connectivity index (χ3n) is 3.67. The quantitative estimate of drug-likeness (QED) is 0.865. The van der Waals surface area contributed by atoms with Gasteiger partial charge in [0.05, 0.1) is 12.8 Å².